The van der Waals surface area contributed by atoms with Gasteiger partial charge in [0.25, 0.3) is 0 Å². The Kier molecular flexibility index (Phi) is 8.46. The van der Waals surface area contributed by atoms with E-state index >= 15 is 0 Å². The van der Waals surface area contributed by atoms with Crippen LogP contribution in [0, 0.1) is 0 Å². The highest BCUT2D eigenvalue weighted by Crippen LogP contribution is 2.34. The van der Waals surface area contributed by atoms with E-state index in [2.05, 4.69) is 5.32 Å². The van der Waals surface area contributed by atoms with Crippen molar-refractivity contribution < 1.29 is 32.2 Å². The number of hydrogen-bond acceptors (Lipinski definition) is 8. The lowest BCUT2D eigenvalue weighted by atomic mass is 10.3. The summed E-state index contributed by atoms with van der Waals surface area (Å²) in [5.74, 6) is 1.12. The Bertz CT molecular complexity index is 1090. The fourth-order valence-corrected chi connectivity index (χ4v) is 5.76. The average Bonchev–Trinajstić information content (AvgIpc) is 2.84. The predicted octanol–water partition coefficient (Wildman–Crippen LogP) is 2.85. The van der Waals surface area contributed by atoms with Crippen LogP contribution < -0.4 is 19.5 Å². The number of anilines is 1. The summed E-state index contributed by atoms with van der Waals surface area (Å²) in [6.07, 6.45) is 0. The Morgan fingerprint density at radius 1 is 1.00 bits per heavy atom. The lowest BCUT2D eigenvalue weighted by Gasteiger charge is -2.27. The molecule has 1 N–H and O–H groups in total. The number of benzene rings is 2. The van der Waals surface area contributed by atoms with Gasteiger partial charge in [-0.2, -0.15) is 4.31 Å². The van der Waals surface area contributed by atoms with E-state index in [0.29, 0.717) is 30.4 Å². The van der Waals surface area contributed by atoms with E-state index in [1.807, 2.05) is 6.07 Å². The third-order valence-electron chi connectivity index (χ3n) is 5.06. The summed E-state index contributed by atoms with van der Waals surface area (Å²) < 4.78 is 48.7. The van der Waals surface area contributed by atoms with E-state index in [1.165, 1.54) is 35.3 Å². The number of methoxy groups -OCH3 is 3. The number of morpholine rings is 1. The highest BCUT2D eigenvalue weighted by Gasteiger charge is 2.30. The molecule has 2 aromatic rings. The molecule has 0 spiro atoms. The number of hydrogen-bond donors (Lipinski definition) is 1. The van der Waals surface area contributed by atoms with Gasteiger partial charge in [0.05, 0.1) is 39.8 Å². The molecule has 2 aromatic carbocycles. The molecule has 33 heavy (non-hydrogen) atoms. The predicted molar refractivity (Wildman–Crippen MR) is 126 cm³/mol. The van der Waals surface area contributed by atoms with Crippen LogP contribution >= 0.6 is 11.8 Å². The summed E-state index contributed by atoms with van der Waals surface area (Å²) in [6, 6.07) is 10.00. The standard InChI is InChI=1S/C22H28N2O7S2/c1-15(32-17-6-8-18(28-2)20(14-17)30-4)22(25)23-16-5-7-19(29-3)21(13-16)33(26,27)24-9-11-31-12-10-24/h5-8,13-15H,9-12H2,1-4H3,(H,23,25). The fourth-order valence-electron chi connectivity index (χ4n) is 3.27. The molecule has 1 saturated heterocycles. The zero-order valence-corrected chi connectivity index (χ0v) is 20.6. The van der Waals surface area contributed by atoms with Crippen LogP contribution in [0.3, 0.4) is 0 Å². The van der Waals surface area contributed by atoms with Crippen molar-refractivity contribution in [3.05, 3.63) is 36.4 Å². The Morgan fingerprint density at radius 3 is 2.27 bits per heavy atom. The monoisotopic (exact) mass is 496 g/mol. The Hall–Kier alpha value is -2.47. The number of carbonyl (C=O) groups is 1. The molecule has 1 aliphatic rings. The van der Waals surface area contributed by atoms with Crippen LogP contribution in [0.2, 0.25) is 0 Å². The number of nitrogens with zero attached hydrogens (tertiary/aromatic N) is 1. The first-order valence-electron chi connectivity index (χ1n) is 10.3. The molecule has 1 fully saturated rings. The van der Waals surface area contributed by atoms with E-state index < -0.39 is 15.3 Å². The third-order valence-corrected chi connectivity index (χ3v) is 8.07. The second-order valence-electron chi connectivity index (χ2n) is 7.15. The molecule has 11 heteroatoms. The van der Waals surface area contributed by atoms with Gasteiger partial charge >= 0.3 is 0 Å². The SMILES string of the molecule is COc1ccc(SC(C)C(=O)Nc2ccc(OC)c(S(=O)(=O)N3CCOCC3)c2)cc1OC. The molecule has 1 atom stereocenters. The number of nitrogens with one attached hydrogen (secondary N) is 1. The van der Waals surface area contributed by atoms with E-state index in [0.717, 1.165) is 4.90 Å². The second kappa shape index (κ2) is 11.1. The largest absolute Gasteiger partial charge is 0.495 e. The first-order chi connectivity index (χ1) is 15.8. The normalized spacial score (nSPS) is 15.5. The number of sulfonamides is 1. The summed E-state index contributed by atoms with van der Waals surface area (Å²) in [7, 11) is 0.719. The molecule has 1 unspecified atom stereocenters. The molecular weight excluding hydrogens is 468 g/mol. The van der Waals surface area contributed by atoms with E-state index in [9.17, 15) is 13.2 Å². The maximum atomic E-state index is 13.1. The van der Waals surface area contributed by atoms with Crippen molar-refractivity contribution in [2.24, 2.45) is 0 Å². The molecule has 0 radical (unpaired) electrons. The van der Waals surface area contributed by atoms with Gasteiger partial charge in [-0.3, -0.25) is 4.79 Å². The summed E-state index contributed by atoms with van der Waals surface area (Å²) in [4.78, 5) is 13.7. The van der Waals surface area contributed by atoms with Crippen molar-refractivity contribution in [2.45, 2.75) is 22.0 Å². The number of rotatable bonds is 9. The molecule has 0 aromatic heterocycles. The van der Waals surface area contributed by atoms with Gasteiger partial charge in [-0.05, 0) is 43.3 Å². The van der Waals surface area contributed by atoms with Crippen molar-refractivity contribution >= 4 is 33.4 Å². The van der Waals surface area contributed by atoms with Crippen LogP contribution in [-0.2, 0) is 19.6 Å². The molecule has 0 saturated carbocycles. The number of carbonyl (C=O) groups excluding carboxylic acids is 1. The molecule has 0 aliphatic carbocycles. The minimum atomic E-state index is -3.80. The maximum Gasteiger partial charge on any atom is 0.246 e. The highest BCUT2D eigenvalue weighted by molar-refractivity contribution is 8.00. The number of amides is 1. The van der Waals surface area contributed by atoms with Crippen molar-refractivity contribution in [3.63, 3.8) is 0 Å². The molecule has 1 aliphatic heterocycles. The fraction of sp³-hybridized carbons (Fsp3) is 0.409. The van der Waals surface area contributed by atoms with Gasteiger partial charge in [0, 0.05) is 23.7 Å². The van der Waals surface area contributed by atoms with Crippen LogP contribution in [0.4, 0.5) is 5.69 Å². The molecule has 180 valence electrons. The van der Waals surface area contributed by atoms with Crippen LogP contribution in [0.5, 0.6) is 17.2 Å². The summed E-state index contributed by atoms with van der Waals surface area (Å²) in [6.45, 7) is 2.97. The Balaban J connectivity index is 1.76. The van der Waals surface area contributed by atoms with Crippen molar-refractivity contribution in [3.8, 4) is 17.2 Å². The van der Waals surface area contributed by atoms with Gasteiger partial charge in [0.2, 0.25) is 15.9 Å². The van der Waals surface area contributed by atoms with Gasteiger partial charge in [-0.1, -0.05) is 0 Å². The molecule has 1 heterocycles. The van der Waals surface area contributed by atoms with Gasteiger partial charge < -0.3 is 24.3 Å². The topological polar surface area (TPSA) is 103 Å². The first kappa shape index (κ1) is 25.2. The Labute approximate surface area is 198 Å². The quantitative estimate of drug-likeness (QED) is 0.529. The average molecular weight is 497 g/mol. The van der Waals surface area contributed by atoms with Crippen LogP contribution in [0.25, 0.3) is 0 Å². The van der Waals surface area contributed by atoms with Crippen molar-refractivity contribution in [1.82, 2.24) is 4.31 Å². The van der Waals surface area contributed by atoms with Gasteiger partial charge in [-0.15, -0.1) is 11.8 Å². The van der Waals surface area contributed by atoms with E-state index in [-0.39, 0.29) is 29.6 Å². The summed E-state index contributed by atoms with van der Waals surface area (Å²) in [5, 5.41) is 2.35. The molecule has 3 rings (SSSR count). The zero-order chi connectivity index (χ0) is 24.0. The lowest BCUT2D eigenvalue weighted by Crippen LogP contribution is -2.40. The van der Waals surface area contributed by atoms with Crippen molar-refractivity contribution in [2.75, 3.05) is 52.9 Å². The van der Waals surface area contributed by atoms with E-state index in [1.54, 1.807) is 39.3 Å². The Morgan fingerprint density at radius 2 is 1.64 bits per heavy atom. The van der Waals surface area contributed by atoms with Crippen molar-refractivity contribution in [1.29, 1.82) is 0 Å². The highest BCUT2D eigenvalue weighted by atomic mass is 32.2. The number of ether oxygens (including phenoxy) is 4. The summed E-state index contributed by atoms with van der Waals surface area (Å²) >= 11 is 1.35. The van der Waals surface area contributed by atoms with Gasteiger partial charge in [-0.25, -0.2) is 8.42 Å². The first-order valence-corrected chi connectivity index (χ1v) is 12.6. The molecular formula is C22H28N2O7S2. The molecule has 9 nitrogen and oxygen atoms in total. The third kappa shape index (κ3) is 5.91. The van der Waals surface area contributed by atoms with Gasteiger partial charge in [0.1, 0.15) is 10.6 Å². The van der Waals surface area contributed by atoms with Gasteiger partial charge in [0.15, 0.2) is 11.5 Å². The molecule has 0 bridgehead atoms. The minimum Gasteiger partial charge on any atom is -0.495 e. The number of thioether (sulfide) groups is 1. The second-order valence-corrected chi connectivity index (χ2v) is 10.5. The smallest absolute Gasteiger partial charge is 0.246 e. The maximum absolute atomic E-state index is 13.1. The van der Waals surface area contributed by atoms with Crippen LogP contribution in [0.15, 0.2) is 46.2 Å². The van der Waals surface area contributed by atoms with Crippen LogP contribution in [-0.4, -0.2) is 71.5 Å². The molecule has 1 amide bonds. The zero-order valence-electron chi connectivity index (χ0n) is 19.0. The summed E-state index contributed by atoms with van der Waals surface area (Å²) in [5.41, 5.74) is 0.368. The van der Waals surface area contributed by atoms with E-state index in [4.69, 9.17) is 18.9 Å². The minimum absolute atomic E-state index is 0.00453. The van der Waals surface area contributed by atoms with Crippen LogP contribution in [0.1, 0.15) is 6.92 Å². The lowest BCUT2D eigenvalue weighted by molar-refractivity contribution is -0.115.